The number of urea groups is 1. The molecule has 2 aliphatic heterocycles. The maximum Gasteiger partial charge on any atom is 0.408 e. The van der Waals surface area contributed by atoms with E-state index in [0.717, 1.165) is 27.8 Å². The molecule has 2 heterocycles. The maximum atomic E-state index is 13.2. The van der Waals surface area contributed by atoms with Crippen LogP contribution in [0.5, 0.6) is 5.75 Å². The predicted molar refractivity (Wildman–Crippen MR) is 250 cm³/mol. The molecule has 0 saturated carbocycles. The highest BCUT2D eigenvalue weighted by atomic mass is 16.6. The second-order valence-corrected chi connectivity index (χ2v) is 17.3. The van der Waals surface area contributed by atoms with E-state index in [9.17, 15) is 43.2 Å². The summed E-state index contributed by atoms with van der Waals surface area (Å²) in [4.78, 5) is 114. The molecule has 4 aromatic rings. The second kappa shape index (κ2) is 23.4. The first kappa shape index (κ1) is 50.1. The number of piperidine rings is 1. The van der Waals surface area contributed by atoms with E-state index in [1.54, 1.807) is 81.4 Å². The number of ether oxygens (including phenoxy) is 2. The first-order chi connectivity index (χ1) is 33.0. The van der Waals surface area contributed by atoms with Crippen molar-refractivity contribution in [1.82, 2.24) is 42.1 Å². The van der Waals surface area contributed by atoms with Crippen LogP contribution in [0.2, 0.25) is 0 Å². The number of anilines is 1. The third-order valence-corrected chi connectivity index (χ3v) is 10.7. The molecule has 10 amide bonds. The standard InChI is InChI=1S/C49H55N9O11/c1-49(2,3)69-48(67)54-26-42(61)51-27-43(62)56-38(22-30-7-5-4-6-8-30)44(63)52-25-41(60)50-23-31-9-11-32(12-10-31)29-68-36-16-14-35(15-17-36)55-47(66)53-24-33-13-18-37-34(21-33)28-58(46(37)65)39-19-20-40(59)57-45(39)64/h4-18,21,38-39H,19-20,22-29H2,1-3H3,(H,50,60)(H,51,61)(H,52,63)(H,54,67)(H,56,62)(H2,53,55,66)(H,57,59,64)/t38-,39?/m0/s1. The van der Waals surface area contributed by atoms with Crippen LogP contribution in [0.1, 0.15) is 71.8 Å². The minimum Gasteiger partial charge on any atom is -0.489 e. The Kier molecular flexibility index (Phi) is 17.0. The van der Waals surface area contributed by atoms with Gasteiger partial charge in [-0.15, -0.1) is 0 Å². The Balaban J connectivity index is 0.876. The summed E-state index contributed by atoms with van der Waals surface area (Å²) in [5.74, 6) is -2.87. The molecule has 0 spiro atoms. The first-order valence-corrected chi connectivity index (χ1v) is 22.2. The summed E-state index contributed by atoms with van der Waals surface area (Å²) in [6.45, 7) is 4.67. The number of fused-ring (bicyclic) bond motifs is 1. The van der Waals surface area contributed by atoms with Crippen molar-refractivity contribution in [3.05, 3.63) is 130 Å². The summed E-state index contributed by atoms with van der Waals surface area (Å²) >= 11 is 0. The van der Waals surface area contributed by atoms with Crippen LogP contribution in [0.25, 0.3) is 0 Å². The Morgan fingerprint density at radius 3 is 2.07 bits per heavy atom. The van der Waals surface area contributed by atoms with Gasteiger partial charge in [-0.25, -0.2) is 9.59 Å². The van der Waals surface area contributed by atoms with Crippen LogP contribution < -0.4 is 47.3 Å². The van der Waals surface area contributed by atoms with Crippen molar-refractivity contribution in [3.8, 4) is 5.75 Å². The molecule has 8 N–H and O–H groups in total. The number of benzene rings is 4. The fourth-order valence-corrected chi connectivity index (χ4v) is 7.22. The number of amides is 10. The van der Waals surface area contributed by atoms with E-state index in [-0.39, 0.29) is 63.9 Å². The van der Waals surface area contributed by atoms with E-state index in [0.29, 0.717) is 17.0 Å². The molecular formula is C49H55N9O11. The zero-order valence-corrected chi connectivity index (χ0v) is 38.4. The molecule has 0 aliphatic carbocycles. The number of carbonyl (C=O) groups is 9. The van der Waals surface area contributed by atoms with E-state index in [2.05, 4.69) is 42.5 Å². The molecule has 1 saturated heterocycles. The highest BCUT2D eigenvalue weighted by Crippen LogP contribution is 2.28. The van der Waals surface area contributed by atoms with Gasteiger partial charge >= 0.3 is 12.1 Å². The normalized spacial score (nSPS) is 14.6. The largest absolute Gasteiger partial charge is 0.489 e. The molecule has 362 valence electrons. The van der Waals surface area contributed by atoms with Crippen LogP contribution in [-0.4, -0.2) is 95.7 Å². The Hall–Kier alpha value is -8.29. The molecule has 0 aromatic heterocycles. The van der Waals surface area contributed by atoms with Gasteiger partial charge in [-0.2, -0.15) is 0 Å². The Bertz CT molecular complexity index is 2550. The van der Waals surface area contributed by atoms with Gasteiger partial charge in [-0.1, -0.05) is 66.7 Å². The van der Waals surface area contributed by atoms with Crippen LogP contribution >= 0.6 is 0 Å². The highest BCUT2D eigenvalue weighted by molar-refractivity contribution is 6.05. The number of hydrogen-bond acceptors (Lipinski definition) is 11. The number of nitrogens with zero attached hydrogens (tertiary/aromatic N) is 1. The van der Waals surface area contributed by atoms with E-state index < -0.39 is 72.4 Å². The molecule has 0 radical (unpaired) electrons. The van der Waals surface area contributed by atoms with Gasteiger partial charge in [-0.3, -0.25) is 38.9 Å². The molecule has 69 heavy (non-hydrogen) atoms. The maximum absolute atomic E-state index is 13.2. The van der Waals surface area contributed by atoms with Crippen LogP contribution in [0, 0.1) is 0 Å². The van der Waals surface area contributed by atoms with Gasteiger partial charge in [0.05, 0.1) is 13.1 Å². The average molecular weight is 946 g/mol. The summed E-state index contributed by atoms with van der Waals surface area (Å²) in [5, 5.41) is 20.5. The Morgan fingerprint density at radius 2 is 1.36 bits per heavy atom. The van der Waals surface area contributed by atoms with Gasteiger partial charge < -0.3 is 51.6 Å². The number of imide groups is 1. The fourth-order valence-electron chi connectivity index (χ4n) is 7.22. The molecular weight excluding hydrogens is 891 g/mol. The van der Waals surface area contributed by atoms with Crippen molar-refractivity contribution in [3.63, 3.8) is 0 Å². The van der Waals surface area contributed by atoms with Crippen LogP contribution in [0.15, 0.2) is 97.1 Å². The van der Waals surface area contributed by atoms with Crippen molar-refractivity contribution < 1.29 is 52.6 Å². The number of hydrogen-bond donors (Lipinski definition) is 8. The lowest BCUT2D eigenvalue weighted by Crippen LogP contribution is -2.52. The molecule has 2 aliphatic rings. The van der Waals surface area contributed by atoms with Crippen LogP contribution in [0.4, 0.5) is 15.3 Å². The van der Waals surface area contributed by atoms with Gasteiger partial charge in [0.2, 0.25) is 35.4 Å². The third kappa shape index (κ3) is 15.7. The topological polar surface area (TPSA) is 272 Å². The molecule has 4 aromatic carbocycles. The zero-order chi connectivity index (χ0) is 49.5. The third-order valence-electron chi connectivity index (χ3n) is 10.7. The molecule has 20 nitrogen and oxygen atoms in total. The van der Waals surface area contributed by atoms with E-state index in [1.165, 1.54) is 4.90 Å². The van der Waals surface area contributed by atoms with E-state index >= 15 is 0 Å². The number of carbonyl (C=O) groups excluding carboxylic acids is 9. The molecule has 6 rings (SSSR count). The van der Waals surface area contributed by atoms with E-state index in [1.807, 2.05) is 36.4 Å². The first-order valence-electron chi connectivity index (χ1n) is 22.2. The molecule has 2 atom stereocenters. The zero-order valence-electron chi connectivity index (χ0n) is 38.4. The van der Waals surface area contributed by atoms with Crippen molar-refractivity contribution >= 4 is 59.2 Å². The molecule has 1 unspecified atom stereocenters. The SMILES string of the molecule is CC(C)(C)OC(=O)NCC(=O)NCC(=O)N[C@@H](Cc1ccccc1)C(=O)NCC(=O)NCc1ccc(COc2ccc(NC(=O)NCc3ccc4c(c3)CN(C3CCC(=O)NC3=O)C4=O)cc2)cc1. The van der Waals surface area contributed by atoms with Crippen LogP contribution in [-0.2, 0) is 66.2 Å². The summed E-state index contributed by atoms with van der Waals surface area (Å²) in [6.07, 6.45) is -0.216. The quantitative estimate of drug-likeness (QED) is 0.0633. The van der Waals surface area contributed by atoms with Gasteiger partial charge in [0.25, 0.3) is 5.91 Å². The van der Waals surface area contributed by atoms with Crippen molar-refractivity contribution in [2.45, 2.75) is 84.0 Å². The minimum absolute atomic E-state index is 0.120. The lowest BCUT2D eigenvalue weighted by Gasteiger charge is -2.29. The molecule has 1 fully saturated rings. The van der Waals surface area contributed by atoms with Crippen LogP contribution in [0.3, 0.4) is 0 Å². The average Bonchev–Trinajstić information content (AvgIpc) is 3.64. The fraction of sp³-hybridized carbons (Fsp3) is 0.327. The van der Waals surface area contributed by atoms with Crippen molar-refractivity contribution in [1.29, 1.82) is 0 Å². The number of alkyl carbamates (subject to hydrolysis) is 1. The second-order valence-electron chi connectivity index (χ2n) is 17.3. The Labute approximate surface area is 398 Å². The summed E-state index contributed by atoms with van der Waals surface area (Å²) in [6, 6.07) is 26.2. The van der Waals surface area contributed by atoms with Gasteiger partial charge in [0, 0.05) is 43.7 Å². The molecule has 20 heteroatoms. The van der Waals surface area contributed by atoms with Crippen molar-refractivity contribution in [2.75, 3.05) is 25.0 Å². The number of rotatable bonds is 19. The lowest BCUT2D eigenvalue weighted by molar-refractivity contribution is -0.137. The van der Waals surface area contributed by atoms with Gasteiger partial charge in [0.1, 0.15) is 36.6 Å². The molecule has 0 bridgehead atoms. The van der Waals surface area contributed by atoms with Gasteiger partial charge in [-0.05, 0) is 85.3 Å². The van der Waals surface area contributed by atoms with Crippen molar-refractivity contribution in [2.24, 2.45) is 0 Å². The van der Waals surface area contributed by atoms with E-state index in [4.69, 9.17) is 9.47 Å². The lowest BCUT2D eigenvalue weighted by atomic mass is 10.0. The van der Waals surface area contributed by atoms with Gasteiger partial charge in [0.15, 0.2) is 0 Å². The summed E-state index contributed by atoms with van der Waals surface area (Å²) in [7, 11) is 0. The Morgan fingerprint density at radius 1 is 0.710 bits per heavy atom. The number of nitrogens with one attached hydrogen (secondary N) is 8. The smallest absolute Gasteiger partial charge is 0.408 e. The monoisotopic (exact) mass is 945 g/mol. The highest BCUT2D eigenvalue weighted by Gasteiger charge is 2.39. The predicted octanol–water partition coefficient (Wildman–Crippen LogP) is 2.45. The minimum atomic E-state index is -1.06. The summed E-state index contributed by atoms with van der Waals surface area (Å²) < 4.78 is 11.0. The summed E-state index contributed by atoms with van der Waals surface area (Å²) in [5.41, 5.74) is 4.21.